The lowest BCUT2D eigenvalue weighted by atomic mass is 10.2. The van der Waals surface area contributed by atoms with Crippen molar-refractivity contribution in [2.45, 2.75) is 39.3 Å². The first-order valence-corrected chi connectivity index (χ1v) is 6.31. The van der Waals surface area contributed by atoms with E-state index in [0.29, 0.717) is 13.0 Å². The molecule has 0 aliphatic rings. The number of carbonyl (C=O) groups excluding carboxylic acids is 1. The number of carbonyl (C=O) groups is 1. The van der Waals surface area contributed by atoms with E-state index < -0.39 is 0 Å². The van der Waals surface area contributed by atoms with Gasteiger partial charge in [-0.3, -0.25) is 4.79 Å². The summed E-state index contributed by atoms with van der Waals surface area (Å²) in [6.07, 6.45) is 0.144. The lowest BCUT2D eigenvalue weighted by Crippen LogP contribution is -2.43. The Morgan fingerprint density at radius 2 is 2.00 bits per heavy atom. The van der Waals surface area contributed by atoms with Gasteiger partial charge in [-0.2, -0.15) is 0 Å². The number of amides is 1. The largest absolute Gasteiger partial charge is 0.380 e. The van der Waals surface area contributed by atoms with Gasteiger partial charge in [0.1, 0.15) is 0 Å². The number of nitrogens with zero attached hydrogens (tertiary/aromatic N) is 1. The zero-order valence-electron chi connectivity index (χ0n) is 11.5. The van der Waals surface area contributed by atoms with Crippen molar-refractivity contribution in [3.05, 3.63) is 0 Å². The molecule has 2 unspecified atom stereocenters. The third-order valence-electron chi connectivity index (χ3n) is 2.84. The standard InChI is InChI=1S/C12H27N3O2/c1-5-15(6-2)9-10(3)14-12(16)7-11(8-13)17-4/h10-11H,5-9,13H2,1-4H3,(H,14,16). The number of methoxy groups -OCH3 is 1. The van der Waals surface area contributed by atoms with Crippen molar-refractivity contribution in [2.24, 2.45) is 5.73 Å². The van der Waals surface area contributed by atoms with Crippen molar-refractivity contribution >= 4 is 5.91 Å². The minimum atomic E-state index is -0.185. The van der Waals surface area contributed by atoms with Crippen LogP contribution in [0.4, 0.5) is 0 Å². The zero-order chi connectivity index (χ0) is 13.3. The Labute approximate surface area is 105 Å². The summed E-state index contributed by atoms with van der Waals surface area (Å²) in [5.41, 5.74) is 5.47. The van der Waals surface area contributed by atoms with Crippen LogP contribution in [0.2, 0.25) is 0 Å². The van der Waals surface area contributed by atoms with E-state index in [2.05, 4.69) is 24.1 Å². The van der Waals surface area contributed by atoms with Crippen LogP contribution in [0.5, 0.6) is 0 Å². The smallest absolute Gasteiger partial charge is 0.222 e. The molecule has 0 aliphatic carbocycles. The van der Waals surface area contributed by atoms with Crippen molar-refractivity contribution in [2.75, 3.05) is 33.3 Å². The van der Waals surface area contributed by atoms with Crippen LogP contribution in [0.15, 0.2) is 0 Å². The molecular formula is C12H27N3O2. The Morgan fingerprint density at radius 3 is 2.41 bits per heavy atom. The van der Waals surface area contributed by atoms with Crippen LogP contribution in [0.25, 0.3) is 0 Å². The van der Waals surface area contributed by atoms with Crippen molar-refractivity contribution in [1.29, 1.82) is 0 Å². The summed E-state index contributed by atoms with van der Waals surface area (Å²) < 4.78 is 5.08. The van der Waals surface area contributed by atoms with E-state index in [1.165, 1.54) is 0 Å². The Kier molecular flexibility index (Phi) is 9.03. The van der Waals surface area contributed by atoms with Gasteiger partial charge in [-0.1, -0.05) is 13.8 Å². The second-order valence-electron chi connectivity index (χ2n) is 4.25. The van der Waals surface area contributed by atoms with Crippen molar-refractivity contribution in [3.8, 4) is 0 Å². The van der Waals surface area contributed by atoms with Crippen molar-refractivity contribution in [1.82, 2.24) is 10.2 Å². The maximum Gasteiger partial charge on any atom is 0.222 e. The van der Waals surface area contributed by atoms with E-state index in [1.807, 2.05) is 6.92 Å². The van der Waals surface area contributed by atoms with Crippen LogP contribution in [-0.2, 0) is 9.53 Å². The molecular weight excluding hydrogens is 218 g/mol. The summed E-state index contributed by atoms with van der Waals surface area (Å²) in [6, 6.07) is 0.151. The zero-order valence-corrected chi connectivity index (χ0v) is 11.5. The van der Waals surface area contributed by atoms with Gasteiger partial charge in [0.25, 0.3) is 0 Å². The SMILES string of the molecule is CCN(CC)CC(C)NC(=O)CC(CN)OC. The van der Waals surface area contributed by atoms with Gasteiger partial charge in [0.2, 0.25) is 5.91 Å². The molecule has 0 aromatic carbocycles. The molecule has 0 spiro atoms. The van der Waals surface area contributed by atoms with Gasteiger partial charge >= 0.3 is 0 Å². The maximum absolute atomic E-state index is 11.7. The van der Waals surface area contributed by atoms with Crippen LogP contribution in [0, 0.1) is 0 Å². The lowest BCUT2D eigenvalue weighted by molar-refractivity contribution is -0.124. The fourth-order valence-corrected chi connectivity index (χ4v) is 1.72. The van der Waals surface area contributed by atoms with Crippen molar-refractivity contribution in [3.63, 3.8) is 0 Å². The average Bonchev–Trinajstić information content (AvgIpc) is 2.32. The molecule has 0 aromatic rings. The first kappa shape index (κ1) is 16.4. The molecule has 5 nitrogen and oxygen atoms in total. The molecule has 2 atom stereocenters. The molecule has 0 heterocycles. The quantitative estimate of drug-likeness (QED) is 0.609. The molecule has 0 aromatic heterocycles. The van der Waals surface area contributed by atoms with Crippen LogP contribution in [0.3, 0.4) is 0 Å². The molecule has 0 radical (unpaired) electrons. The van der Waals surface area contributed by atoms with Crippen LogP contribution < -0.4 is 11.1 Å². The summed E-state index contributed by atoms with van der Waals surface area (Å²) >= 11 is 0. The van der Waals surface area contributed by atoms with Gasteiger partial charge in [-0.25, -0.2) is 0 Å². The summed E-state index contributed by atoms with van der Waals surface area (Å²) in [7, 11) is 1.57. The van der Waals surface area contributed by atoms with Crippen molar-refractivity contribution < 1.29 is 9.53 Å². The summed E-state index contributed by atoms with van der Waals surface area (Å²) in [5, 5.41) is 2.96. The fourth-order valence-electron chi connectivity index (χ4n) is 1.72. The van der Waals surface area contributed by atoms with Gasteiger partial charge in [-0.05, 0) is 20.0 Å². The molecule has 1 amide bonds. The number of rotatable bonds is 9. The Morgan fingerprint density at radius 1 is 1.41 bits per heavy atom. The molecule has 102 valence electrons. The number of likely N-dealkylation sites (N-methyl/N-ethyl adjacent to an activating group) is 1. The van der Waals surface area contributed by atoms with E-state index in [-0.39, 0.29) is 18.1 Å². The third-order valence-corrected chi connectivity index (χ3v) is 2.84. The molecule has 0 saturated carbocycles. The highest BCUT2D eigenvalue weighted by molar-refractivity contribution is 5.76. The second-order valence-corrected chi connectivity index (χ2v) is 4.25. The highest BCUT2D eigenvalue weighted by Crippen LogP contribution is 1.97. The normalized spacial score (nSPS) is 14.7. The Hall–Kier alpha value is -0.650. The van der Waals surface area contributed by atoms with E-state index in [0.717, 1.165) is 19.6 Å². The summed E-state index contributed by atoms with van der Waals surface area (Å²) in [4.78, 5) is 14.0. The molecule has 5 heteroatoms. The number of ether oxygens (including phenoxy) is 1. The molecule has 0 fully saturated rings. The number of nitrogens with one attached hydrogen (secondary N) is 1. The molecule has 0 rings (SSSR count). The second kappa shape index (κ2) is 9.39. The predicted octanol–water partition coefficient (Wildman–Crippen LogP) is 0.197. The van der Waals surface area contributed by atoms with Gasteiger partial charge in [0.05, 0.1) is 12.5 Å². The first-order chi connectivity index (χ1) is 8.07. The molecule has 0 saturated heterocycles. The summed E-state index contributed by atoms with van der Waals surface area (Å²) in [6.45, 7) is 9.50. The van der Waals surface area contributed by atoms with E-state index >= 15 is 0 Å². The monoisotopic (exact) mass is 245 g/mol. The highest BCUT2D eigenvalue weighted by atomic mass is 16.5. The average molecular weight is 245 g/mol. The van der Waals surface area contributed by atoms with Crippen LogP contribution in [-0.4, -0.2) is 56.2 Å². The molecule has 0 bridgehead atoms. The number of hydrogen-bond donors (Lipinski definition) is 2. The Bertz CT molecular complexity index is 204. The van der Waals surface area contributed by atoms with E-state index in [9.17, 15) is 4.79 Å². The van der Waals surface area contributed by atoms with Crippen LogP contribution in [0.1, 0.15) is 27.2 Å². The first-order valence-electron chi connectivity index (χ1n) is 6.31. The molecule has 17 heavy (non-hydrogen) atoms. The fraction of sp³-hybridized carbons (Fsp3) is 0.917. The minimum Gasteiger partial charge on any atom is -0.380 e. The van der Waals surface area contributed by atoms with E-state index in [4.69, 9.17) is 10.5 Å². The molecule has 3 N–H and O–H groups in total. The molecule has 0 aliphatic heterocycles. The highest BCUT2D eigenvalue weighted by Gasteiger charge is 2.14. The third kappa shape index (κ3) is 7.31. The van der Waals surface area contributed by atoms with Gasteiger partial charge < -0.3 is 20.7 Å². The van der Waals surface area contributed by atoms with Gasteiger partial charge in [-0.15, -0.1) is 0 Å². The Balaban J connectivity index is 3.94. The van der Waals surface area contributed by atoms with Gasteiger partial charge in [0.15, 0.2) is 0 Å². The van der Waals surface area contributed by atoms with Crippen LogP contribution >= 0.6 is 0 Å². The number of hydrogen-bond acceptors (Lipinski definition) is 4. The topological polar surface area (TPSA) is 67.6 Å². The number of nitrogens with two attached hydrogens (primary N) is 1. The lowest BCUT2D eigenvalue weighted by Gasteiger charge is -2.24. The predicted molar refractivity (Wildman–Crippen MR) is 69.9 cm³/mol. The summed E-state index contributed by atoms with van der Waals surface area (Å²) in [5.74, 6) is 0.00181. The van der Waals surface area contributed by atoms with E-state index in [1.54, 1.807) is 7.11 Å². The maximum atomic E-state index is 11.7. The van der Waals surface area contributed by atoms with Gasteiger partial charge in [0, 0.05) is 26.2 Å². The minimum absolute atomic E-state index is 0.00181.